The quantitative estimate of drug-likeness (QED) is 0.480. The van der Waals surface area contributed by atoms with E-state index < -0.39 is 6.04 Å². The van der Waals surface area contributed by atoms with Crippen molar-refractivity contribution in [3.8, 4) is 0 Å². The largest absolute Gasteiger partial charge is 0.329 e. The number of anilines is 2. The van der Waals surface area contributed by atoms with Crippen LogP contribution in [0.3, 0.4) is 0 Å². The smallest absolute Gasteiger partial charge is 0.255 e. The molecule has 0 saturated heterocycles. The van der Waals surface area contributed by atoms with Crippen LogP contribution in [0.4, 0.5) is 20.4 Å². The summed E-state index contributed by atoms with van der Waals surface area (Å²) in [5.41, 5.74) is 3.95. The van der Waals surface area contributed by atoms with E-state index in [2.05, 4.69) is 15.6 Å². The molecule has 31 heavy (non-hydrogen) atoms. The van der Waals surface area contributed by atoms with Crippen molar-refractivity contribution < 1.29 is 13.6 Å². The Morgan fingerprint density at radius 2 is 1.61 bits per heavy atom. The highest BCUT2D eigenvalue weighted by Crippen LogP contribution is 2.39. The van der Waals surface area contributed by atoms with Crippen molar-refractivity contribution in [2.24, 2.45) is 0 Å². The molecule has 2 heterocycles. The number of benzene rings is 3. The molecule has 0 spiro atoms. The van der Waals surface area contributed by atoms with Crippen LogP contribution in [0, 0.1) is 11.6 Å². The van der Waals surface area contributed by atoms with E-state index in [1.165, 1.54) is 36.4 Å². The van der Waals surface area contributed by atoms with Gasteiger partial charge in [0, 0.05) is 11.4 Å². The van der Waals surface area contributed by atoms with Gasteiger partial charge >= 0.3 is 0 Å². The number of nitrogens with one attached hydrogen (secondary N) is 2. The van der Waals surface area contributed by atoms with Gasteiger partial charge in [0.2, 0.25) is 5.95 Å². The summed E-state index contributed by atoms with van der Waals surface area (Å²) in [6, 6.07) is 18.8. The summed E-state index contributed by atoms with van der Waals surface area (Å²) in [5, 5.41) is 6.06. The molecular formula is C24H18F2N4O. The Balaban J connectivity index is 1.65. The molecule has 154 valence electrons. The van der Waals surface area contributed by atoms with E-state index in [-0.39, 0.29) is 17.5 Å². The standard InChI is InChI=1S/C24H18F2N4O/c1-14-21(23(31)28-18-12-10-17(26)11-13-18)22(15-6-8-16(25)9-7-15)30-20-5-3-2-4-19(20)29-24(30)27-14/h2-13,22H,1H3,(H,27,29)(H,28,31). The maximum atomic E-state index is 13.6. The van der Waals surface area contributed by atoms with E-state index in [0.29, 0.717) is 22.9 Å². The van der Waals surface area contributed by atoms with Gasteiger partial charge in [0.05, 0.1) is 22.6 Å². The molecule has 0 aliphatic carbocycles. The number of nitrogens with zero attached hydrogens (tertiary/aromatic N) is 2. The summed E-state index contributed by atoms with van der Waals surface area (Å²) in [6.45, 7) is 1.80. The van der Waals surface area contributed by atoms with E-state index in [1.54, 1.807) is 19.1 Å². The minimum absolute atomic E-state index is 0.339. The van der Waals surface area contributed by atoms with E-state index in [0.717, 1.165) is 16.6 Å². The van der Waals surface area contributed by atoms with Crippen molar-refractivity contribution in [3.05, 3.63) is 101 Å². The molecule has 1 aliphatic heterocycles. The molecule has 0 bridgehead atoms. The first kappa shape index (κ1) is 19.0. The molecule has 0 radical (unpaired) electrons. The number of hydrogen-bond donors (Lipinski definition) is 2. The second-order valence-electron chi connectivity index (χ2n) is 7.37. The van der Waals surface area contributed by atoms with E-state index in [1.807, 2.05) is 28.8 Å². The van der Waals surface area contributed by atoms with E-state index in [4.69, 9.17) is 0 Å². The number of allylic oxidation sites excluding steroid dienone is 1. The number of imidazole rings is 1. The first-order valence-corrected chi connectivity index (χ1v) is 9.78. The highest BCUT2D eigenvalue weighted by Gasteiger charge is 2.34. The predicted octanol–water partition coefficient (Wildman–Crippen LogP) is 5.24. The zero-order valence-electron chi connectivity index (χ0n) is 16.6. The summed E-state index contributed by atoms with van der Waals surface area (Å²) in [5.74, 6) is -0.474. The van der Waals surface area contributed by atoms with Crippen LogP contribution in [0.1, 0.15) is 18.5 Å². The van der Waals surface area contributed by atoms with Crippen molar-refractivity contribution >= 4 is 28.6 Å². The lowest BCUT2D eigenvalue weighted by Crippen LogP contribution is -2.30. The molecule has 3 aromatic carbocycles. The summed E-state index contributed by atoms with van der Waals surface area (Å²) in [6.07, 6.45) is 0. The molecule has 2 N–H and O–H groups in total. The van der Waals surface area contributed by atoms with Crippen molar-refractivity contribution in [3.63, 3.8) is 0 Å². The number of para-hydroxylation sites is 2. The monoisotopic (exact) mass is 416 g/mol. The summed E-state index contributed by atoms with van der Waals surface area (Å²) < 4.78 is 28.8. The zero-order valence-corrected chi connectivity index (χ0v) is 16.6. The Morgan fingerprint density at radius 1 is 0.968 bits per heavy atom. The molecule has 7 heteroatoms. The Bertz CT molecular complexity index is 1320. The molecule has 0 fully saturated rings. The Hall–Kier alpha value is -4.00. The number of fused-ring (bicyclic) bond motifs is 3. The fraction of sp³-hybridized carbons (Fsp3) is 0.0833. The van der Waals surface area contributed by atoms with Gasteiger partial charge < -0.3 is 10.6 Å². The van der Waals surface area contributed by atoms with Gasteiger partial charge in [0.15, 0.2) is 0 Å². The van der Waals surface area contributed by atoms with E-state index >= 15 is 0 Å². The van der Waals surface area contributed by atoms with Gasteiger partial charge in [-0.25, -0.2) is 13.8 Å². The first-order chi connectivity index (χ1) is 15.0. The van der Waals surface area contributed by atoms with Gasteiger partial charge in [0.25, 0.3) is 5.91 Å². The molecule has 1 aromatic heterocycles. The van der Waals surface area contributed by atoms with Gasteiger partial charge in [-0.05, 0) is 61.0 Å². The van der Waals surface area contributed by atoms with Gasteiger partial charge in [-0.15, -0.1) is 0 Å². The van der Waals surface area contributed by atoms with Crippen molar-refractivity contribution in [2.45, 2.75) is 13.0 Å². The van der Waals surface area contributed by atoms with Crippen LogP contribution in [0.2, 0.25) is 0 Å². The number of halogens is 2. The van der Waals surface area contributed by atoms with Crippen LogP contribution in [-0.4, -0.2) is 15.5 Å². The van der Waals surface area contributed by atoms with Gasteiger partial charge in [-0.2, -0.15) is 0 Å². The number of carbonyl (C=O) groups excluding carboxylic acids is 1. The third-order valence-electron chi connectivity index (χ3n) is 5.36. The van der Waals surface area contributed by atoms with Crippen LogP contribution < -0.4 is 10.6 Å². The highest BCUT2D eigenvalue weighted by molar-refractivity contribution is 6.06. The number of hydrogen-bond acceptors (Lipinski definition) is 3. The first-order valence-electron chi connectivity index (χ1n) is 9.78. The van der Waals surface area contributed by atoms with Crippen LogP contribution in [-0.2, 0) is 4.79 Å². The van der Waals surface area contributed by atoms with E-state index in [9.17, 15) is 13.6 Å². The predicted molar refractivity (Wildman–Crippen MR) is 116 cm³/mol. The number of carbonyl (C=O) groups is 1. The third kappa shape index (κ3) is 3.34. The van der Waals surface area contributed by atoms with Crippen LogP contribution in [0.25, 0.3) is 11.0 Å². The zero-order chi connectivity index (χ0) is 21.5. The number of aromatic nitrogens is 2. The SMILES string of the molecule is CC1=C(C(=O)Nc2ccc(F)cc2)C(c2ccc(F)cc2)n2c(nc3ccccc32)N1. The fourth-order valence-electron chi connectivity index (χ4n) is 3.95. The average Bonchev–Trinajstić information content (AvgIpc) is 3.13. The lowest BCUT2D eigenvalue weighted by Gasteiger charge is -2.30. The van der Waals surface area contributed by atoms with Gasteiger partial charge in [-0.3, -0.25) is 9.36 Å². The Kier molecular flexibility index (Phi) is 4.51. The van der Waals surface area contributed by atoms with Gasteiger partial charge in [0.1, 0.15) is 11.6 Å². The molecule has 0 saturated carbocycles. The minimum Gasteiger partial charge on any atom is -0.329 e. The van der Waals surface area contributed by atoms with Crippen LogP contribution >= 0.6 is 0 Å². The van der Waals surface area contributed by atoms with Crippen molar-refractivity contribution in [1.82, 2.24) is 9.55 Å². The second kappa shape index (κ2) is 7.36. The Morgan fingerprint density at radius 3 is 2.32 bits per heavy atom. The molecular weight excluding hydrogens is 398 g/mol. The molecule has 4 aromatic rings. The molecule has 1 unspecified atom stereocenters. The van der Waals surface area contributed by atoms with Crippen LogP contribution in [0.5, 0.6) is 0 Å². The number of rotatable bonds is 3. The number of amides is 1. The maximum absolute atomic E-state index is 13.6. The minimum atomic E-state index is -0.523. The van der Waals surface area contributed by atoms with Crippen molar-refractivity contribution in [2.75, 3.05) is 10.6 Å². The third-order valence-corrected chi connectivity index (χ3v) is 5.36. The molecule has 1 atom stereocenters. The summed E-state index contributed by atoms with van der Waals surface area (Å²) in [7, 11) is 0. The topological polar surface area (TPSA) is 59.0 Å². The Labute approximate surface area is 177 Å². The second-order valence-corrected chi connectivity index (χ2v) is 7.37. The normalized spacial score (nSPS) is 15.5. The lowest BCUT2D eigenvalue weighted by molar-refractivity contribution is -0.113. The molecule has 1 aliphatic rings. The summed E-state index contributed by atoms with van der Waals surface area (Å²) in [4.78, 5) is 18.0. The molecule has 1 amide bonds. The van der Waals surface area contributed by atoms with Gasteiger partial charge in [-0.1, -0.05) is 24.3 Å². The van der Waals surface area contributed by atoms with Crippen molar-refractivity contribution in [1.29, 1.82) is 0 Å². The highest BCUT2D eigenvalue weighted by atomic mass is 19.1. The fourth-order valence-corrected chi connectivity index (χ4v) is 3.95. The average molecular weight is 416 g/mol. The summed E-state index contributed by atoms with van der Waals surface area (Å²) >= 11 is 0. The lowest BCUT2D eigenvalue weighted by atomic mass is 9.94. The molecule has 5 nitrogen and oxygen atoms in total. The van der Waals surface area contributed by atoms with Crippen LogP contribution in [0.15, 0.2) is 84.1 Å². The molecule has 5 rings (SSSR count). The maximum Gasteiger partial charge on any atom is 0.255 e.